The van der Waals surface area contributed by atoms with Crippen LogP contribution in [-0.4, -0.2) is 48.1 Å². The Bertz CT molecular complexity index is 734. The molecule has 1 aliphatic heterocycles. The predicted octanol–water partition coefficient (Wildman–Crippen LogP) is 3.24. The Balaban J connectivity index is 1.47. The summed E-state index contributed by atoms with van der Waals surface area (Å²) >= 11 is 0. The highest BCUT2D eigenvalue weighted by molar-refractivity contribution is 5.89. The number of hydrogen-bond acceptors (Lipinski definition) is 4. The van der Waals surface area contributed by atoms with Crippen LogP contribution < -0.4 is 15.5 Å². The number of pyridine rings is 1. The molecule has 6 heteroatoms. The Kier molecular flexibility index (Phi) is 6.29. The molecule has 1 aliphatic rings. The minimum Gasteiger partial charge on any atom is -0.354 e. The minimum absolute atomic E-state index is 0.226. The lowest BCUT2D eigenvalue weighted by Gasteiger charge is -2.37. The molecule has 27 heavy (non-hydrogen) atoms. The second-order valence-corrected chi connectivity index (χ2v) is 7.32. The van der Waals surface area contributed by atoms with Crippen LogP contribution in [0.4, 0.5) is 16.3 Å². The molecule has 2 amide bonds. The molecule has 0 atom stereocenters. The quantitative estimate of drug-likeness (QED) is 0.852. The van der Waals surface area contributed by atoms with Gasteiger partial charge in [0.25, 0.3) is 0 Å². The molecule has 2 aromatic rings. The largest absolute Gasteiger partial charge is 0.354 e. The lowest BCUT2D eigenvalue weighted by atomic mass is 10.1. The normalized spacial score (nSPS) is 15.0. The Morgan fingerprint density at radius 1 is 1.07 bits per heavy atom. The average Bonchev–Trinajstić information content (AvgIpc) is 2.68. The molecule has 0 unspecified atom stereocenters. The summed E-state index contributed by atoms with van der Waals surface area (Å²) in [5.41, 5.74) is 2.98. The van der Waals surface area contributed by atoms with Crippen LogP contribution in [0.15, 0.2) is 42.6 Å². The molecule has 1 fully saturated rings. The van der Waals surface area contributed by atoms with Crippen LogP contribution >= 0.6 is 0 Å². The van der Waals surface area contributed by atoms with E-state index < -0.39 is 0 Å². The molecule has 1 aromatic carbocycles. The number of carbonyl (C=O) groups excluding carboxylic acids is 1. The van der Waals surface area contributed by atoms with Crippen LogP contribution in [0.1, 0.15) is 25.0 Å². The Hall–Kier alpha value is -2.60. The third-order valence-electron chi connectivity index (χ3n) is 4.95. The fourth-order valence-electron chi connectivity index (χ4n) is 3.18. The Labute approximate surface area is 161 Å². The first kappa shape index (κ1) is 19.2. The monoisotopic (exact) mass is 367 g/mol. The summed E-state index contributed by atoms with van der Waals surface area (Å²) in [5, 5.41) is 5.70. The SMILES string of the molecule is Cc1ccc(CNC(=O)Nc2ccc(N3CCN(C(C)C)CC3)nc2)cc1. The average molecular weight is 367 g/mol. The molecule has 1 aromatic heterocycles. The number of nitrogens with zero attached hydrogens (tertiary/aromatic N) is 3. The summed E-state index contributed by atoms with van der Waals surface area (Å²) in [6, 6.07) is 12.4. The van der Waals surface area contributed by atoms with Gasteiger partial charge in [-0.3, -0.25) is 4.90 Å². The smallest absolute Gasteiger partial charge is 0.319 e. The van der Waals surface area contributed by atoms with Gasteiger partial charge in [-0.15, -0.1) is 0 Å². The summed E-state index contributed by atoms with van der Waals surface area (Å²) in [7, 11) is 0. The van der Waals surface area contributed by atoms with Crippen LogP contribution in [0.2, 0.25) is 0 Å². The van der Waals surface area contributed by atoms with E-state index in [1.807, 2.05) is 43.3 Å². The molecule has 0 saturated carbocycles. The standard InChI is InChI=1S/C21H29N5O/c1-16(2)25-10-12-26(13-11-25)20-9-8-19(15-22-20)24-21(27)23-14-18-6-4-17(3)5-7-18/h4-9,15-16H,10-14H2,1-3H3,(H2,23,24,27). The molecule has 0 aliphatic carbocycles. The van der Waals surface area contributed by atoms with E-state index in [2.05, 4.69) is 39.3 Å². The number of aromatic nitrogens is 1. The van der Waals surface area contributed by atoms with E-state index in [1.54, 1.807) is 6.20 Å². The van der Waals surface area contributed by atoms with Crippen LogP contribution in [0, 0.1) is 6.92 Å². The third kappa shape index (κ3) is 5.44. The number of anilines is 2. The van der Waals surface area contributed by atoms with Crippen molar-refractivity contribution in [3.8, 4) is 0 Å². The van der Waals surface area contributed by atoms with Crippen molar-refractivity contribution in [2.45, 2.75) is 33.4 Å². The fraction of sp³-hybridized carbons (Fsp3) is 0.429. The van der Waals surface area contributed by atoms with Gasteiger partial charge in [-0.1, -0.05) is 29.8 Å². The molecule has 2 N–H and O–H groups in total. The first-order valence-electron chi connectivity index (χ1n) is 9.57. The summed E-state index contributed by atoms with van der Waals surface area (Å²) in [4.78, 5) is 21.4. The number of hydrogen-bond donors (Lipinski definition) is 2. The minimum atomic E-state index is -0.226. The van der Waals surface area contributed by atoms with Gasteiger partial charge >= 0.3 is 6.03 Å². The fourth-order valence-corrected chi connectivity index (χ4v) is 3.18. The highest BCUT2D eigenvalue weighted by atomic mass is 16.2. The maximum Gasteiger partial charge on any atom is 0.319 e. The van der Waals surface area contributed by atoms with Gasteiger partial charge in [0.15, 0.2) is 0 Å². The molecule has 1 saturated heterocycles. The van der Waals surface area contributed by atoms with Crippen LogP contribution in [0.25, 0.3) is 0 Å². The summed E-state index contributed by atoms with van der Waals surface area (Å²) < 4.78 is 0. The number of nitrogens with one attached hydrogen (secondary N) is 2. The number of piperazine rings is 1. The van der Waals surface area contributed by atoms with E-state index in [4.69, 9.17) is 0 Å². The molecule has 2 heterocycles. The summed E-state index contributed by atoms with van der Waals surface area (Å²) in [5.74, 6) is 0.962. The molecule has 0 spiro atoms. The van der Waals surface area contributed by atoms with Gasteiger partial charge in [-0.2, -0.15) is 0 Å². The number of carbonyl (C=O) groups is 1. The summed E-state index contributed by atoms with van der Waals surface area (Å²) in [6.07, 6.45) is 1.72. The number of amides is 2. The Morgan fingerprint density at radius 3 is 2.37 bits per heavy atom. The van der Waals surface area contributed by atoms with E-state index >= 15 is 0 Å². The number of benzene rings is 1. The van der Waals surface area contributed by atoms with E-state index in [1.165, 1.54) is 5.56 Å². The predicted molar refractivity (Wildman–Crippen MR) is 110 cm³/mol. The highest BCUT2D eigenvalue weighted by Crippen LogP contribution is 2.17. The zero-order chi connectivity index (χ0) is 19.2. The maximum absolute atomic E-state index is 12.1. The van der Waals surface area contributed by atoms with Crippen molar-refractivity contribution >= 4 is 17.5 Å². The first-order chi connectivity index (χ1) is 13.0. The van der Waals surface area contributed by atoms with E-state index in [0.717, 1.165) is 37.6 Å². The van der Waals surface area contributed by atoms with Gasteiger partial charge < -0.3 is 15.5 Å². The molecule has 144 valence electrons. The molecule has 3 rings (SSSR count). The van der Waals surface area contributed by atoms with E-state index in [-0.39, 0.29) is 6.03 Å². The van der Waals surface area contributed by atoms with Crippen molar-refractivity contribution in [2.75, 3.05) is 36.4 Å². The highest BCUT2D eigenvalue weighted by Gasteiger charge is 2.19. The summed E-state index contributed by atoms with van der Waals surface area (Å²) in [6.45, 7) is 11.1. The second-order valence-electron chi connectivity index (χ2n) is 7.32. The lowest BCUT2D eigenvalue weighted by molar-refractivity contribution is 0.209. The number of urea groups is 1. The second kappa shape index (κ2) is 8.86. The topological polar surface area (TPSA) is 60.5 Å². The van der Waals surface area contributed by atoms with Crippen molar-refractivity contribution in [2.24, 2.45) is 0 Å². The van der Waals surface area contributed by atoms with Crippen molar-refractivity contribution in [1.29, 1.82) is 0 Å². The Morgan fingerprint density at radius 2 is 1.78 bits per heavy atom. The van der Waals surface area contributed by atoms with E-state index in [0.29, 0.717) is 18.3 Å². The van der Waals surface area contributed by atoms with Crippen molar-refractivity contribution < 1.29 is 4.79 Å². The van der Waals surface area contributed by atoms with Gasteiger partial charge in [-0.05, 0) is 38.5 Å². The van der Waals surface area contributed by atoms with Gasteiger partial charge in [0.05, 0.1) is 11.9 Å². The van der Waals surface area contributed by atoms with Crippen LogP contribution in [0.3, 0.4) is 0 Å². The first-order valence-corrected chi connectivity index (χ1v) is 9.57. The van der Waals surface area contributed by atoms with Crippen LogP contribution in [-0.2, 0) is 6.54 Å². The van der Waals surface area contributed by atoms with Crippen LogP contribution in [0.5, 0.6) is 0 Å². The maximum atomic E-state index is 12.1. The van der Waals surface area contributed by atoms with Crippen molar-refractivity contribution in [3.05, 3.63) is 53.7 Å². The zero-order valence-corrected chi connectivity index (χ0v) is 16.4. The molecule has 0 bridgehead atoms. The third-order valence-corrected chi connectivity index (χ3v) is 4.95. The van der Waals surface area contributed by atoms with Gasteiger partial charge in [0.1, 0.15) is 5.82 Å². The van der Waals surface area contributed by atoms with Gasteiger partial charge in [0, 0.05) is 38.8 Å². The van der Waals surface area contributed by atoms with E-state index in [9.17, 15) is 4.79 Å². The number of aryl methyl sites for hydroxylation is 1. The number of rotatable bonds is 5. The lowest BCUT2D eigenvalue weighted by Crippen LogP contribution is -2.49. The van der Waals surface area contributed by atoms with Crippen molar-refractivity contribution in [3.63, 3.8) is 0 Å². The molecular weight excluding hydrogens is 338 g/mol. The van der Waals surface area contributed by atoms with Crippen molar-refractivity contribution in [1.82, 2.24) is 15.2 Å². The molecule has 6 nitrogen and oxygen atoms in total. The van der Waals surface area contributed by atoms with Gasteiger partial charge in [0.2, 0.25) is 0 Å². The molecular formula is C21H29N5O. The molecule has 0 radical (unpaired) electrons. The zero-order valence-electron chi connectivity index (χ0n) is 16.4. The van der Waals surface area contributed by atoms with Gasteiger partial charge in [-0.25, -0.2) is 9.78 Å².